The van der Waals surface area contributed by atoms with Crippen molar-refractivity contribution >= 4 is 19.8 Å². The number of unbranched alkanes of at least 4 members (excludes halogenated alkanes) is 28. The number of esters is 2. The number of hydrogen-bond donors (Lipinski definition) is 1. The van der Waals surface area contributed by atoms with E-state index in [0.29, 0.717) is 23.9 Å². The largest absolute Gasteiger partial charge is 0.472 e. The number of allylic oxidation sites excluding steroid dienone is 4. The number of phosphoric acid groups is 1. The Morgan fingerprint density at radius 2 is 0.900 bits per heavy atom. The summed E-state index contributed by atoms with van der Waals surface area (Å²) < 4.78 is 34.4. The molecule has 0 aliphatic rings. The first-order valence-electron chi connectivity index (χ1n) is 25.1. The molecule has 0 aromatic heterocycles. The molecule has 10 heteroatoms. The summed E-state index contributed by atoms with van der Waals surface area (Å²) in [5.41, 5.74) is 0. The number of quaternary nitrogens is 1. The normalized spacial score (nSPS) is 13.6. The van der Waals surface area contributed by atoms with E-state index in [2.05, 4.69) is 38.2 Å². The van der Waals surface area contributed by atoms with Crippen molar-refractivity contribution in [1.82, 2.24) is 0 Å². The minimum absolute atomic E-state index is 0.0330. The van der Waals surface area contributed by atoms with Gasteiger partial charge in [0.1, 0.15) is 19.8 Å². The van der Waals surface area contributed by atoms with Gasteiger partial charge in [-0.05, 0) is 44.9 Å². The Bertz CT molecular complexity index is 1070. The van der Waals surface area contributed by atoms with Gasteiger partial charge >= 0.3 is 19.8 Å². The number of nitrogens with zero attached hydrogens (tertiary/aromatic N) is 1. The van der Waals surface area contributed by atoms with Crippen LogP contribution in [-0.2, 0) is 32.7 Å². The van der Waals surface area contributed by atoms with Gasteiger partial charge in [-0.1, -0.05) is 199 Å². The minimum atomic E-state index is -4.38. The molecule has 1 unspecified atom stereocenters. The quantitative estimate of drug-likeness (QED) is 0.0212. The van der Waals surface area contributed by atoms with Crippen molar-refractivity contribution in [3.63, 3.8) is 0 Å². The molecule has 60 heavy (non-hydrogen) atoms. The molecule has 0 saturated carbocycles. The molecule has 0 radical (unpaired) electrons. The molecule has 2 atom stereocenters. The van der Waals surface area contributed by atoms with Crippen LogP contribution in [0.25, 0.3) is 0 Å². The van der Waals surface area contributed by atoms with Gasteiger partial charge in [0.2, 0.25) is 0 Å². The van der Waals surface area contributed by atoms with Gasteiger partial charge in [-0.15, -0.1) is 0 Å². The topological polar surface area (TPSA) is 108 Å². The molecule has 354 valence electrons. The van der Waals surface area contributed by atoms with Crippen molar-refractivity contribution < 1.29 is 42.1 Å². The fraction of sp³-hybridized carbons (Fsp3) is 0.880. The molecule has 0 aliphatic heterocycles. The molecule has 0 bridgehead atoms. The highest BCUT2D eigenvalue weighted by atomic mass is 31.2. The second kappa shape index (κ2) is 42.8. The smallest absolute Gasteiger partial charge is 0.462 e. The van der Waals surface area contributed by atoms with Crippen LogP contribution in [0.5, 0.6) is 0 Å². The van der Waals surface area contributed by atoms with E-state index in [9.17, 15) is 19.0 Å². The number of hydrogen-bond acceptors (Lipinski definition) is 7. The first kappa shape index (κ1) is 58.5. The summed E-state index contributed by atoms with van der Waals surface area (Å²) >= 11 is 0. The molecule has 0 rings (SSSR count). The highest BCUT2D eigenvalue weighted by molar-refractivity contribution is 7.47. The third-order valence-electron chi connectivity index (χ3n) is 11.0. The first-order chi connectivity index (χ1) is 29.0. The zero-order valence-corrected chi connectivity index (χ0v) is 40.9. The fourth-order valence-corrected chi connectivity index (χ4v) is 7.79. The average molecular weight is 871 g/mol. The van der Waals surface area contributed by atoms with Crippen LogP contribution < -0.4 is 0 Å². The van der Waals surface area contributed by atoms with Crippen LogP contribution in [0, 0.1) is 0 Å². The van der Waals surface area contributed by atoms with Crippen LogP contribution in [-0.4, -0.2) is 74.9 Å². The zero-order valence-electron chi connectivity index (χ0n) is 40.0. The molecule has 0 heterocycles. The van der Waals surface area contributed by atoms with E-state index in [-0.39, 0.29) is 25.6 Å². The van der Waals surface area contributed by atoms with Crippen LogP contribution in [0.1, 0.15) is 232 Å². The molecule has 0 aliphatic carbocycles. The number of likely N-dealkylation sites (N-methyl/N-ethyl adjacent to an activating group) is 1. The van der Waals surface area contributed by atoms with Crippen molar-refractivity contribution in [1.29, 1.82) is 0 Å². The molecule has 0 aromatic carbocycles. The molecular weight excluding hydrogens is 774 g/mol. The molecule has 0 fully saturated rings. The van der Waals surface area contributed by atoms with Gasteiger partial charge in [-0.3, -0.25) is 18.6 Å². The Balaban J connectivity index is 4.25. The molecule has 0 amide bonds. The van der Waals surface area contributed by atoms with Crippen LogP contribution in [0.15, 0.2) is 24.3 Å². The van der Waals surface area contributed by atoms with Gasteiger partial charge < -0.3 is 18.9 Å². The van der Waals surface area contributed by atoms with Crippen molar-refractivity contribution in [2.45, 2.75) is 238 Å². The molecule has 9 nitrogen and oxygen atoms in total. The minimum Gasteiger partial charge on any atom is -0.462 e. The molecule has 0 spiro atoms. The summed E-state index contributed by atoms with van der Waals surface area (Å²) in [6, 6.07) is 0. The number of phosphoric ester groups is 1. The monoisotopic (exact) mass is 871 g/mol. The predicted octanol–water partition coefficient (Wildman–Crippen LogP) is 14.7. The summed E-state index contributed by atoms with van der Waals surface area (Å²) in [5, 5.41) is 0. The molecule has 0 aromatic rings. The van der Waals surface area contributed by atoms with Crippen molar-refractivity contribution in [3.8, 4) is 0 Å². The first-order valence-corrected chi connectivity index (χ1v) is 26.6. The zero-order chi connectivity index (χ0) is 44.3. The summed E-state index contributed by atoms with van der Waals surface area (Å²) in [7, 11) is 1.48. The number of carbonyl (C=O) groups is 2. The van der Waals surface area contributed by atoms with Crippen LogP contribution in [0.3, 0.4) is 0 Å². The van der Waals surface area contributed by atoms with E-state index in [4.69, 9.17) is 18.5 Å². The Hall–Kier alpha value is -1.51. The van der Waals surface area contributed by atoms with Crippen molar-refractivity contribution in [2.75, 3.05) is 47.5 Å². The molecular formula is C50H97NO8P+. The molecule has 1 N–H and O–H groups in total. The standard InChI is InChI=1S/C50H96NO8P/c1-6-8-10-12-14-16-18-20-22-24-25-27-29-31-33-35-37-39-41-43-50(53)59-48(47-58-60(54,55)57-45-44-51(3,4)5)46-56-49(52)42-40-38-36-34-32-30-28-26-23-21-19-17-15-13-11-9-7-2/h14,16,20,22,48H,6-13,15,17-19,21,23-47H2,1-5H3/p+1/b16-14-,22-20-/t48-/m1/s1. The van der Waals surface area contributed by atoms with E-state index >= 15 is 0 Å². The summed E-state index contributed by atoms with van der Waals surface area (Å²) in [4.78, 5) is 35.5. The Labute approximate surface area is 370 Å². The van der Waals surface area contributed by atoms with Gasteiger partial charge in [-0.25, -0.2) is 4.57 Å². The second-order valence-electron chi connectivity index (χ2n) is 18.2. The lowest BCUT2D eigenvalue weighted by Crippen LogP contribution is -2.37. The SMILES string of the molecule is CCCCC/C=C\C/C=C\CCCCCCCCCCCC(=O)O[C@H](COC(=O)CCCCCCCCCCCCCCCCCCC)COP(=O)(O)OCC[N+](C)(C)C. The van der Waals surface area contributed by atoms with E-state index < -0.39 is 26.5 Å². The maximum atomic E-state index is 12.7. The lowest BCUT2D eigenvalue weighted by Gasteiger charge is -2.24. The van der Waals surface area contributed by atoms with E-state index in [0.717, 1.165) is 44.9 Å². The Morgan fingerprint density at radius 1 is 0.517 bits per heavy atom. The molecule has 0 saturated heterocycles. The van der Waals surface area contributed by atoms with E-state index in [1.54, 1.807) is 0 Å². The van der Waals surface area contributed by atoms with Crippen LogP contribution >= 0.6 is 7.82 Å². The number of carbonyl (C=O) groups excluding carboxylic acids is 2. The van der Waals surface area contributed by atoms with Crippen molar-refractivity contribution in [3.05, 3.63) is 24.3 Å². The van der Waals surface area contributed by atoms with Crippen molar-refractivity contribution in [2.24, 2.45) is 0 Å². The highest BCUT2D eigenvalue weighted by Gasteiger charge is 2.27. The predicted molar refractivity (Wildman–Crippen MR) is 252 cm³/mol. The summed E-state index contributed by atoms with van der Waals surface area (Å²) in [5.74, 6) is -0.791. The maximum absolute atomic E-state index is 12.7. The Kier molecular flexibility index (Phi) is 41.7. The lowest BCUT2D eigenvalue weighted by atomic mass is 10.0. The lowest BCUT2D eigenvalue weighted by molar-refractivity contribution is -0.870. The van der Waals surface area contributed by atoms with Gasteiger partial charge in [0, 0.05) is 12.8 Å². The Morgan fingerprint density at radius 3 is 1.35 bits per heavy atom. The van der Waals surface area contributed by atoms with Gasteiger partial charge in [0.05, 0.1) is 27.7 Å². The summed E-state index contributed by atoms with van der Waals surface area (Å²) in [6.07, 6.45) is 47.9. The number of ether oxygens (including phenoxy) is 2. The third kappa shape index (κ3) is 46.0. The fourth-order valence-electron chi connectivity index (χ4n) is 7.05. The third-order valence-corrected chi connectivity index (χ3v) is 12.0. The van der Waals surface area contributed by atoms with Gasteiger partial charge in [0.25, 0.3) is 0 Å². The van der Waals surface area contributed by atoms with Gasteiger partial charge in [-0.2, -0.15) is 0 Å². The van der Waals surface area contributed by atoms with E-state index in [1.165, 1.54) is 154 Å². The summed E-state index contributed by atoms with van der Waals surface area (Å²) in [6.45, 7) is 4.43. The van der Waals surface area contributed by atoms with E-state index in [1.807, 2.05) is 21.1 Å². The maximum Gasteiger partial charge on any atom is 0.472 e. The van der Waals surface area contributed by atoms with Crippen LogP contribution in [0.2, 0.25) is 0 Å². The highest BCUT2D eigenvalue weighted by Crippen LogP contribution is 2.43. The van der Waals surface area contributed by atoms with Crippen LogP contribution in [0.4, 0.5) is 0 Å². The van der Waals surface area contributed by atoms with Gasteiger partial charge in [0.15, 0.2) is 6.10 Å². The average Bonchev–Trinajstić information content (AvgIpc) is 3.20. The number of rotatable bonds is 46. The second-order valence-corrected chi connectivity index (χ2v) is 19.7.